The van der Waals surface area contributed by atoms with Crippen LogP contribution in [0.2, 0.25) is 0 Å². The smallest absolute Gasteiger partial charge is 0.370 e. The molecule has 1 N–H and O–H groups in total. The lowest BCUT2D eigenvalue weighted by atomic mass is 9.97. The van der Waals surface area contributed by atoms with Gasteiger partial charge in [0.15, 0.2) is 0 Å². The summed E-state index contributed by atoms with van der Waals surface area (Å²) in [6, 6.07) is 5.74. The van der Waals surface area contributed by atoms with Gasteiger partial charge in [-0.05, 0) is 44.0 Å². The zero-order valence-corrected chi connectivity index (χ0v) is 12.0. The third-order valence-electron chi connectivity index (χ3n) is 4.70. The van der Waals surface area contributed by atoms with E-state index in [0.717, 1.165) is 45.0 Å². The second kappa shape index (κ2) is 5.52. The zero-order chi connectivity index (χ0) is 14.9. The normalized spacial score (nSPS) is 22.5. The van der Waals surface area contributed by atoms with Crippen molar-refractivity contribution in [2.24, 2.45) is 0 Å². The Hall–Kier alpha value is -1.23. The van der Waals surface area contributed by atoms with Gasteiger partial charge in [0.1, 0.15) is 0 Å². The van der Waals surface area contributed by atoms with Gasteiger partial charge in [-0.15, -0.1) is 0 Å². The molecular formula is C16H21F3N2. The van der Waals surface area contributed by atoms with Gasteiger partial charge in [-0.3, -0.25) is 0 Å². The average molecular weight is 298 g/mol. The van der Waals surface area contributed by atoms with Crippen LogP contribution < -0.4 is 10.2 Å². The molecular weight excluding hydrogens is 277 g/mol. The second-order valence-corrected chi connectivity index (χ2v) is 6.24. The molecule has 5 heteroatoms. The van der Waals surface area contributed by atoms with Crippen LogP contribution in [0, 0.1) is 0 Å². The summed E-state index contributed by atoms with van der Waals surface area (Å²) in [5.74, 6) is 0. The summed E-state index contributed by atoms with van der Waals surface area (Å²) in [6.45, 7) is 2.58. The van der Waals surface area contributed by atoms with Crippen LogP contribution in [-0.4, -0.2) is 25.2 Å². The number of anilines is 1. The van der Waals surface area contributed by atoms with Crippen molar-refractivity contribution in [2.45, 2.75) is 43.8 Å². The van der Waals surface area contributed by atoms with Crippen molar-refractivity contribution in [3.05, 3.63) is 29.8 Å². The molecule has 1 saturated heterocycles. The minimum absolute atomic E-state index is 0.102. The molecule has 21 heavy (non-hydrogen) atoms. The molecule has 0 unspecified atom stereocenters. The van der Waals surface area contributed by atoms with Gasteiger partial charge in [-0.2, -0.15) is 13.2 Å². The lowest BCUT2D eigenvalue weighted by Crippen LogP contribution is -2.49. The standard InChI is InChI=1S/C16H21F3N2/c17-16(18,19)13-5-3-6-14(11-13)21-10-4-9-20-15(12-21)7-1-2-8-15/h3,5-6,11,20H,1-2,4,7-10,12H2. The summed E-state index contributed by atoms with van der Waals surface area (Å²) < 4.78 is 38.6. The molecule has 2 nitrogen and oxygen atoms in total. The Bertz CT molecular complexity index is 493. The van der Waals surface area contributed by atoms with E-state index >= 15 is 0 Å². The summed E-state index contributed by atoms with van der Waals surface area (Å²) in [4.78, 5) is 2.13. The van der Waals surface area contributed by atoms with Crippen LogP contribution in [0.1, 0.15) is 37.7 Å². The number of rotatable bonds is 1. The Kier molecular flexibility index (Phi) is 3.86. The van der Waals surface area contributed by atoms with Crippen LogP contribution in [0.5, 0.6) is 0 Å². The van der Waals surface area contributed by atoms with Gasteiger partial charge in [-0.1, -0.05) is 18.9 Å². The minimum Gasteiger partial charge on any atom is -0.370 e. The Morgan fingerprint density at radius 2 is 1.86 bits per heavy atom. The summed E-state index contributed by atoms with van der Waals surface area (Å²) in [5, 5.41) is 3.64. The highest BCUT2D eigenvalue weighted by atomic mass is 19.4. The first kappa shape index (κ1) is 14.7. The number of benzene rings is 1. The first-order valence-corrected chi connectivity index (χ1v) is 7.66. The van der Waals surface area contributed by atoms with E-state index in [9.17, 15) is 13.2 Å². The van der Waals surface area contributed by atoms with Gasteiger partial charge in [0, 0.05) is 24.3 Å². The van der Waals surface area contributed by atoms with Gasteiger partial charge in [0.25, 0.3) is 0 Å². The van der Waals surface area contributed by atoms with E-state index in [-0.39, 0.29) is 5.54 Å². The predicted molar refractivity (Wildman–Crippen MR) is 77.5 cm³/mol. The maximum absolute atomic E-state index is 12.9. The fraction of sp³-hybridized carbons (Fsp3) is 0.625. The maximum Gasteiger partial charge on any atom is 0.416 e. The molecule has 3 rings (SSSR count). The summed E-state index contributed by atoms with van der Waals surface area (Å²) in [6.07, 6.45) is 1.38. The molecule has 0 bridgehead atoms. The monoisotopic (exact) mass is 298 g/mol. The van der Waals surface area contributed by atoms with Crippen molar-refractivity contribution >= 4 is 5.69 Å². The van der Waals surface area contributed by atoms with E-state index in [2.05, 4.69) is 10.2 Å². The van der Waals surface area contributed by atoms with Gasteiger partial charge < -0.3 is 10.2 Å². The molecule has 1 aliphatic carbocycles. The van der Waals surface area contributed by atoms with Crippen LogP contribution in [0.15, 0.2) is 24.3 Å². The fourth-order valence-electron chi connectivity index (χ4n) is 3.61. The molecule has 1 spiro atoms. The highest BCUT2D eigenvalue weighted by Crippen LogP contribution is 2.35. The van der Waals surface area contributed by atoms with E-state index in [1.54, 1.807) is 6.07 Å². The lowest BCUT2D eigenvalue weighted by Gasteiger charge is -2.34. The zero-order valence-electron chi connectivity index (χ0n) is 12.0. The predicted octanol–water partition coefficient (Wildman–Crippen LogP) is 3.82. The van der Waals surface area contributed by atoms with Crippen molar-refractivity contribution in [1.29, 1.82) is 0 Å². The van der Waals surface area contributed by atoms with Crippen LogP contribution in [0.25, 0.3) is 0 Å². The highest BCUT2D eigenvalue weighted by molar-refractivity contribution is 5.50. The van der Waals surface area contributed by atoms with Crippen LogP contribution in [0.3, 0.4) is 0 Å². The van der Waals surface area contributed by atoms with Crippen molar-refractivity contribution in [2.75, 3.05) is 24.5 Å². The molecule has 0 amide bonds. The fourth-order valence-corrected chi connectivity index (χ4v) is 3.61. The molecule has 1 aromatic carbocycles. The van der Waals surface area contributed by atoms with E-state index in [0.29, 0.717) is 5.69 Å². The first-order valence-electron chi connectivity index (χ1n) is 7.66. The molecule has 0 aromatic heterocycles. The number of nitrogens with zero attached hydrogens (tertiary/aromatic N) is 1. The molecule has 2 aliphatic rings. The largest absolute Gasteiger partial charge is 0.416 e. The van der Waals surface area contributed by atoms with Crippen LogP contribution in [-0.2, 0) is 6.18 Å². The SMILES string of the molecule is FC(F)(F)c1cccc(N2CCCNC3(CCCC3)C2)c1. The Labute approximate surface area is 123 Å². The van der Waals surface area contributed by atoms with E-state index < -0.39 is 11.7 Å². The van der Waals surface area contributed by atoms with Crippen molar-refractivity contribution in [3.8, 4) is 0 Å². The molecule has 0 atom stereocenters. The van der Waals surface area contributed by atoms with Gasteiger partial charge in [0.2, 0.25) is 0 Å². The first-order chi connectivity index (χ1) is 9.99. The number of nitrogens with one attached hydrogen (secondary N) is 1. The van der Waals surface area contributed by atoms with Crippen LogP contribution >= 0.6 is 0 Å². The quantitative estimate of drug-likeness (QED) is 0.848. The minimum atomic E-state index is -4.27. The maximum atomic E-state index is 12.9. The van der Waals surface area contributed by atoms with Crippen molar-refractivity contribution < 1.29 is 13.2 Å². The number of alkyl halides is 3. The Morgan fingerprint density at radius 3 is 2.57 bits per heavy atom. The molecule has 1 aromatic rings. The van der Waals surface area contributed by atoms with Gasteiger partial charge in [0.05, 0.1) is 5.56 Å². The molecule has 1 heterocycles. The van der Waals surface area contributed by atoms with Crippen molar-refractivity contribution in [3.63, 3.8) is 0 Å². The lowest BCUT2D eigenvalue weighted by molar-refractivity contribution is -0.137. The Morgan fingerprint density at radius 1 is 1.10 bits per heavy atom. The van der Waals surface area contributed by atoms with E-state index in [1.807, 2.05) is 0 Å². The van der Waals surface area contributed by atoms with Gasteiger partial charge >= 0.3 is 6.18 Å². The van der Waals surface area contributed by atoms with E-state index in [1.165, 1.54) is 25.0 Å². The number of hydrogen-bond donors (Lipinski definition) is 1. The highest BCUT2D eigenvalue weighted by Gasteiger charge is 2.37. The second-order valence-electron chi connectivity index (χ2n) is 6.24. The number of halogens is 3. The average Bonchev–Trinajstić information content (AvgIpc) is 2.79. The molecule has 116 valence electrons. The topological polar surface area (TPSA) is 15.3 Å². The summed E-state index contributed by atoms with van der Waals surface area (Å²) >= 11 is 0. The van der Waals surface area contributed by atoms with E-state index in [4.69, 9.17) is 0 Å². The third kappa shape index (κ3) is 3.18. The summed E-state index contributed by atoms with van der Waals surface area (Å²) in [7, 11) is 0. The number of hydrogen-bond acceptors (Lipinski definition) is 2. The van der Waals surface area contributed by atoms with Gasteiger partial charge in [-0.25, -0.2) is 0 Å². The Balaban J connectivity index is 1.85. The molecule has 1 aliphatic heterocycles. The van der Waals surface area contributed by atoms with Crippen LogP contribution in [0.4, 0.5) is 18.9 Å². The molecule has 1 saturated carbocycles. The molecule has 0 radical (unpaired) electrons. The van der Waals surface area contributed by atoms with Crippen molar-refractivity contribution in [1.82, 2.24) is 5.32 Å². The molecule has 2 fully saturated rings. The summed E-state index contributed by atoms with van der Waals surface area (Å²) in [5.41, 5.74) is 0.238. The third-order valence-corrected chi connectivity index (χ3v) is 4.70.